The van der Waals surface area contributed by atoms with Crippen LogP contribution in [0.2, 0.25) is 0 Å². The van der Waals surface area contributed by atoms with Crippen molar-refractivity contribution in [3.8, 4) is 0 Å². The van der Waals surface area contributed by atoms with E-state index in [1.54, 1.807) is 0 Å². The molecule has 1 aromatic heterocycles. The van der Waals surface area contributed by atoms with Crippen LogP contribution in [0.4, 0.5) is 13.2 Å². The molecule has 0 amide bonds. The van der Waals surface area contributed by atoms with E-state index in [1.165, 1.54) is 6.07 Å². The van der Waals surface area contributed by atoms with Crippen LogP contribution < -0.4 is 5.73 Å². The Morgan fingerprint density at radius 1 is 1.40 bits per heavy atom. The zero-order valence-electron chi connectivity index (χ0n) is 7.83. The van der Waals surface area contributed by atoms with Crippen molar-refractivity contribution >= 4 is 0 Å². The van der Waals surface area contributed by atoms with E-state index in [1.807, 2.05) is 0 Å². The second-order valence-electron chi connectivity index (χ2n) is 3.09. The van der Waals surface area contributed by atoms with Gasteiger partial charge in [0.15, 0.2) is 0 Å². The van der Waals surface area contributed by atoms with Gasteiger partial charge < -0.3 is 10.8 Å². The van der Waals surface area contributed by atoms with E-state index in [0.29, 0.717) is 5.69 Å². The molecule has 1 atom stereocenters. The van der Waals surface area contributed by atoms with Crippen LogP contribution in [0.25, 0.3) is 0 Å². The molecule has 84 valence electrons. The summed E-state index contributed by atoms with van der Waals surface area (Å²) in [6.07, 6.45) is -3.36. The summed E-state index contributed by atoms with van der Waals surface area (Å²) in [4.78, 5) is 3.61. The van der Waals surface area contributed by atoms with E-state index >= 15 is 0 Å². The van der Waals surface area contributed by atoms with Crippen LogP contribution in [0.3, 0.4) is 0 Å². The molecule has 0 aromatic carbocycles. The monoisotopic (exact) mass is 220 g/mol. The molecule has 6 heteroatoms. The molecule has 0 saturated heterocycles. The first-order chi connectivity index (χ1) is 6.95. The second-order valence-corrected chi connectivity index (χ2v) is 3.09. The lowest BCUT2D eigenvalue weighted by Crippen LogP contribution is -2.14. The quantitative estimate of drug-likeness (QED) is 0.811. The molecule has 3 nitrogen and oxygen atoms in total. The van der Waals surface area contributed by atoms with Gasteiger partial charge in [-0.1, -0.05) is 0 Å². The maximum Gasteiger partial charge on any atom is 0.417 e. The van der Waals surface area contributed by atoms with Gasteiger partial charge in [0.05, 0.1) is 11.3 Å². The fraction of sp³-hybridized carbons (Fsp3) is 0.444. The number of hydrogen-bond acceptors (Lipinski definition) is 3. The highest BCUT2D eigenvalue weighted by Crippen LogP contribution is 2.28. The first-order valence-corrected chi connectivity index (χ1v) is 4.34. The predicted octanol–water partition coefficient (Wildman–Crippen LogP) is 1.48. The zero-order chi connectivity index (χ0) is 11.5. The summed E-state index contributed by atoms with van der Waals surface area (Å²) in [6, 6.07) is 1.63. The molecular formula is C9H11F3N2O. The van der Waals surface area contributed by atoms with Crippen molar-refractivity contribution in [1.82, 2.24) is 4.98 Å². The molecule has 1 rings (SSSR count). The Kier molecular flexibility index (Phi) is 3.65. The third kappa shape index (κ3) is 3.17. The van der Waals surface area contributed by atoms with Crippen LogP contribution >= 0.6 is 0 Å². The number of halogens is 3. The van der Waals surface area contributed by atoms with E-state index in [0.717, 1.165) is 12.3 Å². The Morgan fingerprint density at radius 2 is 2.07 bits per heavy atom. The molecule has 0 radical (unpaired) electrons. The van der Waals surface area contributed by atoms with Crippen LogP contribution in [0.15, 0.2) is 18.3 Å². The van der Waals surface area contributed by atoms with Crippen LogP contribution in [0.5, 0.6) is 0 Å². The van der Waals surface area contributed by atoms with Crippen molar-refractivity contribution in [2.45, 2.75) is 18.6 Å². The van der Waals surface area contributed by atoms with E-state index in [-0.39, 0.29) is 13.0 Å². The molecule has 0 spiro atoms. The maximum absolute atomic E-state index is 12.2. The number of aliphatic hydroxyl groups excluding tert-OH is 1. The van der Waals surface area contributed by atoms with E-state index in [4.69, 9.17) is 10.8 Å². The lowest BCUT2D eigenvalue weighted by molar-refractivity contribution is -0.137. The van der Waals surface area contributed by atoms with Crippen molar-refractivity contribution in [3.63, 3.8) is 0 Å². The van der Waals surface area contributed by atoms with Gasteiger partial charge in [-0.05, 0) is 18.6 Å². The molecule has 0 aliphatic rings. The fourth-order valence-corrected chi connectivity index (χ4v) is 1.08. The van der Waals surface area contributed by atoms with E-state index in [9.17, 15) is 13.2 Å². The number of aromatic nitrogens is 1. The number of hydrogen-bond donors (Lipinski definition) is 2. The van der Waals surface area contributed by atoms with Crippen molar-refractivity contribution < 1.29 is 18.3 Å². The SMILES string of the molecule is NC(CCO)c1ccc(C(F)(F)F)cn1. The molecule has 1 heterocycles. The van der Waals surface area contributed by atoms with Gasteiger partial charge in [-0.3, -0.25) is 4.98 Å². The largest absolute Gasteiger partial charge is 0.417 e. The minimum Gasteiger partial charge on any atom is -0.396 e. The molecule has 15 heavy (non-hydrogen) atoms. The lowest BCUT2D eigenvalue weighted by Gasteiger charge is -2.11. The van der Waals surface area contributed by atoms with Gasteiger partial charge >= 0.3 is 6.18 Å². The Hall–Kier alpha value is -1.14. The summed E-state index contributed by atoms with van der Waals surface area (Å²) in [5, 5.41) is 8.59. The highest BCUT2D eigenvalue weighted by Gasteiger charge is 2.30. The van der Waals surface area contributed by atoms with Gasteiger partial charge in [0.2, 0.25) is 0 Å². The second kappa shape index (κ2) is 4.59. The summed E-state index contributed by atoms with van der Waals surface area (Å²) in [5.41, 5.74) is 5.10. The highest BCUT2D eigenvalue weighted by atomic mass is 19.4. The van der Waals surface area contributed by atoms with E-state index in [2.05, 4.69) is 4.98 Å². The molecule has 0 saturated carbocycles. The van der Waals surface area contributed by atoms with Crippen molar-refractivity contribution in [2.24, 2.45) is 5.73 Å². The molecular weight excluding hydrogens is 209 g/mol. The molecule has 0 bridgehead atoms. The fourth-order valence-electron chi connectivity index (χ4n) is 1.08. The van der Waals surface area contributed by atoms with Gasteiger partial charge in [0.1, 0.15) is 0 Å². The summed E-state index contributed by atoms with van der Waals surface area (Å²) in [5.74, 6) is 0. The third-order valence-electron chi connectivity index (χ3n) is 1.93. The number of rotatable bonds is 3. The average molecular weight is 220 g/mol. The van der Waals surface area contributed by atoms with Crippen LogP contribution in [0, 0.1) is 0 Å². The molecule has 3 N–H and O–H groups in total. The topological polar surface area (TPSA) is 59.1 Å². The molecule has 0 fully saturated rings. The highest BCUT2D eigenvalue weighted by molar-refractivity contribution is 5.18. The van der Waals surface area contributed by atoms with Gasteiger partial charge in [0, 0.05) is 18.8 Å². The van der Waals surface area contributed by atoms with Crippen molar-refractivity contribution in [3.05, 3.63) is 29.6 Å². The number of nitrogens with zero attached hydrogens (tertiary/aromatic N) is 1. The Morgan fingerprint density at radius 3 is 2.47 bits per heavy atom. The predicted molar refractivity (Wildman–Crippen MR) is 47.9 cm³/mol. The Bertz CT molecular complexity index is 310. The number of aliphatic hydroxyl groups is 1. The van der Waals surface area contributed by atoms with Gasteiger partial charge in [-0.2, -0.15) is 13.2 Å². The summed E-state index contributed by atoms with van der Waals surface area (Å²) in [6.45, 7) is -0.121. The summed E-state index contributed by atoms with van der Waals surface area (Å²) in [7, 11) is 0. The minimum atomic E-state index is -4.38. The average Bonchev–Trinajstić information content (AvgIpc) is 2.17. The first kappa shape index (κ1) is 11.9. The van der Waals surface area contributed by atoms with Crippen LogP contribution in [-0.2, 0) is 6.18 Å². The first-order valence-electron chi connectivity index (χ1n) is 4.34. The Labute approximate surface area is 84.7 Å². The van der Waals surface area contributed by atoms with Gasteiger partial charge in [-0.25, -0.2) is 0 Å². The van der Waals surface area contributed by atoms with Crippen LogP contribution in [0.1, 0.15) is 23.7 Å². The third-order valence-corrected chi connectivity index (χ3v) is 1.93. The lowest BCUT2D eigenvalue weighted by atomic mass is 10.1. The number of pyridine rings is 1. The maximum atomic E-state index is 12.2. The number of alkyl halides is 3. The minimum absolute atomic E-state index is 0.121. The van der Waals surface area contributed by atoms with Gasteiger partial charge in [-0.15, -0.1) is 0 Å². The summed E-state index contributed by atoms with van der Waals surface area (Å²) < 4.78 is 36.5. The standard InChI is InChI=1S/C9H11F3N2O/c10-9(11,12)6-1-2-8(14-5-6)7(13)3-4-15/h1-2,5,7,15H,3-4,13H2. The zero-order valence-corrected chi connectivity index (χ0v) is 7.83. The van der Waals surface area contributed by atoms with Crippen molar-refractivity contribution in [1.29, 1.82) is 0 Å². The number of nitrogens with two attached hydrogens (primary N) is 1. The van der Waals surface area contributed by atoms with Crippen LogP contribution in [-0.4, -0.2) is 16.7 Å². The Balaban J connectivity index is 2.81. The molecule has 0 aliphatic carbocycles. The molecule has 0 aliphatic heterocycles. The summed E-state index contributed by atoms with van der Waals surface area (Å²) >= 11 is 0. The van der Waals surface area contributed by atoms with E-state index < -0.39 is 17.8 Å². The smallest absolute Gasteiger partial charge is 0.396 e. The molecule has 1 unspecified atom stereocenters. The normalized spacial score (nSPS) is 13.9. The van der Waals surface area contributed by atoms with Gasteiger partial charge in [0.25, 0.3) is 0 Å². The van der Waals surface area contributed by atoms with Crippen molar-refractivity contribution in [2.75, 3.05) is 6.61 Å². The molecule has 1 aromatic rings.